The average molecular weight is 356 g/mol. The monoisotopic (exact) mass is 356 g/mol. The Morgan fingerprint density at radius 2 is 1.54 bits per heavy atom. The summed E-state index contributed by atoms with van der Waals surface area (Å²) in [6, 6.07) is 0. The Bertz CT molecular complexity index is 405. The molecule has 0 aromatic rings. The molecule has 1 saturated heterocycles. The van der Waals surface area contributed by atoms with Gasteiger partial charge in [-0.25, -0.2) is 0 Å². The average Bonchev–Trinajstić information content (AvgIpc) is 2.58. The van der Waals surface area contributed by atoms with E-state index in [1.165, 1.54) is 0 Å². The van der Waals surface area contributed by atoms with Crippen LogP contribution in [0.3, 0.4) is 0 Å². The predicted octanol–water partition coefficient (Wildman–Crippen LogP) is -5.57. The van der Waals surface area contributed by atoms with Gasteiger partial charge in [0.25, 0.3) is 0 Å². The van der Waals surface area contributed by atoms with Gasteiger partial charge in [0.2, 0.25) is 0 Å². The van der Waals surface area contributed by atoms with Gasteiger partial charge < -0.3 is 50.7 Å². The summed E-state index contributed by atoms with van der Waals surface area (Å²) < 4.78 is 4.85. The van der Waals surface area contributed by atoms with E-state index in [2.05, 4.69) is 0 Å². The van der Waals surface area contributed by atoms with Crippen LogP contribution in [0.4, 0.5) is 0 Å². The van der Waals surface area contributed by atoms with E-state index in [0.29, 0.717) is 0 Å². The van der Waals surface area contributed by atoms with E-state index in [4.69, 9.17) is 14.9 Å². The van der Waals surface area contributed by atoms with Gasteiger partial charge in [-0.15, -0.1) is 0 Å². The highest BCUT2D eigenvalue weighted by Gasteiger charge is 2.45. The number of aliphatic hydroxyl groups excluding tert-OH is 9. The molecule has 0 amide bonds. The SMILES string of the molecule is O=C(C[C@@H]1[C@@H](O)[C@H](O)[C@@H](CO)O[C@@H]1O)[C@H](O)[C@@H](O)[C@H](O)[C@H](O)CO. The summed E-state index contributed by atoms with van der Waals surface area (Å²) in [5.41, 5.74) is 0. The zero-order valence-electron chi connectivity index (χ0n) is 12.7. The molecule has 24 heavy (non-hydrogen) atoms. The normalized spacial score (nSPS) is 36.0. The number of carbonyl (C=O) groups excluding carboxylic acids is 1. The maximum Gasteiger partial charge on any atom is 0.164 e. The highest BCUT2D eigenvalue weighted by Crippen LogP contribution is 2.28. The minimum atomic E-state index is -2.17. The lowest BCUT2D eigenvalue weighted by Crippen LogP contribution is -2.57. The van der Waals surface area contributed by atoms with Gasteiger partial charge in [-0.1, -0.05) is 0 Å². The Morgan fingerprint density at radius 3 is 2.04 bits per heavy atom. The molecule has 1 heterocycles. The highest BCUT2D eigenvalue weighted by molar-refractivity contribution is 5.83. The summed E-state index contributed by atoms with van der Waals surface area (Å²) in [7, 11) is 0. The Labute approximate surface area is 137 Å². The van der Waals surface area contributed by atoms with Gasteiger partial charge in [0, 0.05) is 12.3 Å². The summed E-state index contributed by atoms with van der Waals surface area (Å²) >= 11 is 0. The molecule has 0 radical (unpaired) electrons. The lowest BCUT2D eigenvalue weighted by Gasteiger charge is -2.40. The second-order valence-corrected chi connectivity index (χ2v) is 5.74. The molecule has 9 N–H and O–H groups in total. The van der Waals surface area contributed by atoms with Gasteiger partial charge in [0.15, 0.2) is 12.1 Å². The molecule has 1 aliphatic rings. The number of hydrogen-bond acceptors (Lipinski definition) is 11. The molecule has 11 nitrogen and oxygen atoms in total. The highest BCUT2D eigenvalue weighted by atomic mass is 16.6. The van der Waals surface area contributed by atoms with Crippen molar-refractivity contribution in [1.29, 1.82) is 0 Å². The van der Waals surface area contributed by atoms with Crippen LogP contribution in [0.2, 0.25) is 0 Å². The third-order valence-electron chi connectivity index (χ3n) is 4.05. The molecule has 11 heteroatoms. The first-order valence-electron chi connectivity index (χ1n) is 7.32. The van der Waals surface area contributed by atoms with Crippen LogP contribution < -0.4 is 0 Å². The van der Waals surface area contributed by atoms with Crippen LogP contribution >= 0.6 is 0 Å². The molecule has 0 unspecified atom stereocenters. The first kappa shape index (κ1) is 21.3. The van der Waals surface area contributed by atoms with Crippen molar-refractivity contribution in [1.82, 2.24) is 0 Å². The number of rotatable bonds is 8. The predicted molar refractivity (Wildman–Crippen MR) is 74.2 cm³/mol. The van der Waals surface area contributed by atoms with Gasteiger partial charge in [-0.05, 0) is 0 Å². The molecule has 0 aliphatic carbocycles. The minimum absolute atomic E-state index is 0.678. The number of ether oxygens (including phenoxy) is 1. The maximum absolute atomic E-state index is 11.9. The maximum atomic E-state index is 11.9. The third kappa shape index (κ3) is 4.67. The Morgan fingerprint density at radius 1 is 0.958 bits per heavy atom. The van der Waals surface area contributed by atoms with Crippen molar-refractivity contribution in [3.63, 3.8) is 0 Å². The van der Waals surface area contributed by atoms with Crippen molar-refractivity contribution >= 4 is 5.78 Å². The Kier molecular flexibility index (Phi) is 8.08. The molecule has 0 aromatic carbocycles. The molecule has 1 aliphatic heterocycles. The molecular weight excluding hydrogens is 332 g/mol. The summed E-state index contributed by atoms with van der Waals surface area (Å²) in [5, 5.41) is 84.9. The van der Waals surface area contributed by atoms with Crippen LogP contribution in [0.1, 0.15) is 6.42 Å². The zero-order chi connectivity index (χ0) is 18.6. The van der Waals surface area contributed by atoms with Gasteiger partial charge in [0.1, 0.15) is 36.6 Å². The first-order valence-corrected chi connectivity index (χ1v) is 7.32. The van der Waals surface area contributed by atoms with Gasteiger partial charge in [-0.3, -0.25) is 4.79 Å². The fraction of sp³-hybridized carbons (Fsp3) is 0.923. The Balaban J connectivity index is 2.72. The Hall–Kier alpha value is -0.730. The van der Waals surface area contributed by atoms with Crippen molar-refractivity contribution in [3.8, 4) is 0 Å². The van der Waals surface area contributed by atoms with Crippen LogP contribution in [0.5, 0.6) is 0 Å². The molecular formula is C13H24O11. The van der Waals surface area contributed by atoms with Crippen LogP contribution in [0.25, 0.3) is 0 Å². The van der Waals surface area contributed by atoms with Crippen molar-refractivity contribution in [2.75, 3.05) is 13.2 Å². The van der Waals surface area contributed by atoms with Crippen LogP contribution in [-0.4, -0.2) is 114 Å². The van der Waals surface area contributed by atoms with E-state index in [1.807, 2.05) is 0 Å². The van der Waals surface area contributed by atoms with Crippen molar-refractivity contribution in [3.05, 3.63) is 0 Å². The lowest BCUT2D eigenvalue weighted by atomic mass is 9.85. The molecule has 0 aromatic heterocycles. The second kappa shape index (κ2) is 9.10. The van der Waals surface area contributed by atoms with Crippen LogP contribution in [-0.2, 0) is 9.53 Å². The molecule has 1 fully saturated rings. The van der Waals surface area contributed by atoms with E-state index < -0.39 is 80.4 Å². The number of hydrogen-bond donors (Lipinski definition) is 9. The number of ketones is 1. The van der Waals surface area contributed by atoms with Gasteiger partial charge >= 0.3 is 0 Å². The fourth-order valence-corrected chi connectivity index (χ4v) is 2.44. The number of carbonyl (C=O) groups is 1. The standard InChI is InChI=1S/C13H24O11/c14-2-6(17)10(20)12(22)9(19)5(16)1-4-8(18)11(21)7(3-15)24-13(4)23/h4,6-15,17-23H,1-3H2/t4-,6-,7-,8-,9+,10-,11-,12-,13+/m1/s1. The second-order valence-electron chi connectivity index (χ2n) is 5.74. The van der Waals surface area contributed by atoms with E-state index >= 15 is 0 Å². The summed E-state index contributed by atoms with van der Waals surface area (Å²) in [6.45, 7) is -1.59. The van der Waals surface area contributed by atoms with Crippen molar-refractivity contribution < 1.29 is 55.5 Å². The van der Waals surface area contributed by atoms with Crippen LogP contribution in [0.15, 0.2) is 0 Å². The number of Topliss-reactive ketones (excluding diaryl/α,β-unsaturated/α-hetero) is 1. The molecule has 0 saturated carbocycles. The van der Waals surface area contributed by atoms with E-state index in [1.54, 1.807) is 0 Å². The molecule has 1 rings (SSSR count). The topological polar surface area (TPSA) is 208 Å². The molecule has 9 atom stereocenters. The van der Waals surface area contributed by atoms with Crippen LogP contribution in [0, 0.1) is 5.92 Å². The smallest absolute Gasteiger partial charge is 0.164 e. The summed E-state index contributed by atoms with van der Waals surface area (Å²) in [5.74, 6) is -2.45. The van der Waals surface area contributed by atoms with E-state index in [9.17, 15) is 40.5 Å². The fourth-order valence-electron chi connectivity index (χ4n) is 2.44. The lowest BCUT2D eigenvalue weighted by molar-refractivity contribution is -0.270. The van der Waals surface area contributed by atoms with Crippen molar-refractivity contribution in [2.45, 2.75) is 55.4 Å². The van der Waals surface area contributed by atoms with Gasteiger partial charge in [-0.2, -0.15) is 0 Å². The summed E-state index contributed by atoms with van der Waals surface area (Å²) in [6.07, 6.45) is -15.0. The molecule has 0 spiro atoms. The van der Waals surface area contributed by atoms with Crippen molar-refractivity contribution in [2.24, 2.45) is 5.92 Å². The summed E-state index contributed by atoms with van der Waals surface area (Å²) in [4.78, 5) is 11.9. The van der Waals surface area contributed by atoms with Gasteiger partial charge in [0.05, 0.1) is 19.3 Å². The molecule has 0 bridgehead atoms. The number of aliphatic hydroxyl groups is 9. The van der Waals surface area contributed by atoms with E-state index in [0.717, 1.165) is 0 Å². The van der Waals surface area contributed by atoms with E-state index in [-0.39, 0.29) is 0 Å². The quantitative estimate of drug-likeness (QED) is 0.200. The minimum Gasteiger partial charge on any atom is -0.394 e. The largest absolute Gasteiger partial charge is 0.394 e. The third-order valence-corrected chi connectivity index (χ3v) is 4.05. The first-order chi connectivity index (χ1) is 11.1. The zero-order valence-corrected chi connectivity index (χ0v) is 12.7. The molecule has 142 valence electrons.